The lowest BCUT2D eigenvalue weighted by molar-refractivity contribution is -0.151. The second kappa shape index (κ2) is 8.01. The highest BCUT2D eigenvalue weighted by atomic mass is 16.4. The molecule has 3 aliphatic heterocycles. The van der Waals surface area contributed by atoms with Gasteiger partial charge in [0.25, 0.3) is 0 Å². The van der Waals surface area contributed by atoms with Gasteiger partial charge in [-0.15, -0.1) is 0 Å². The van der Waals surface area contributed by atoms with E-state index in [2.05, 4.69) is 11.8 Å². The summed E-state index contributed by atoms with van der Waals surface area (Å²) in [7, 11) is 0. The smallest absolute Gasteiger partial charge is 0.326 e. The van der Waals surface area contributed by atoms with Gasteiger partial charge < -0.3 is 14.9 Å². The molecule has 4 fully saturated rings. The van der Waals surface area contributed by atoms with Crippen molar-refractivity contribution < 1.29 is 19.5 Å². The maximum Gasteiger partial charge on any atom is 0.326 e. The van der Waals surface area contributed by atoms with Gasteiger partial charge in [0.15, 0.2) is 0 Å². The summed E-state index contributed by atoms with van der Waals surface area (Å²) in [4.78, 5) is 43.7. The number of carbonyl (C=O) groups is 3. The van der Waals surface area contributed by atoms with Crippen LogP contribution in [-0.2, 0) is 14.4 Å². The van der Waals surface area contributed by atoms with Gasteiger partial charge in [-0.05, 0) is 51.1 Å². The summed E-state index contributed by atoms with van der Waals surface area (Å²) in [5, 5.41) is 9.70. The highest BCUT2D eigenvalue weighted by Gasteiger charge is 2.50. The summed E-state index contributed by atoms with van der Waals surface area (Å²) in [6.07, 6.45) is 7.18. The number of nitrogens with zero attached hydrogens (tertiary/aromatic N) is 3. The highest BCUT2D eigenvalue weighted by Crippen LogP contribution is 2.41. The van der Waals surface area contributed by atoms with Crippen molar-refractivity contribution in [2.75, 3.05) is 26.2 Å². The Hall–Kier alpha value is -1.63. The topological polar surface area (TPSA) is 81.2 Å². The minimum Gasteiger partial charge on any atom is -0.480 e. The molecule has 156 valence electrons. The van der Waals surface area contributed by atoms with Crippen LogP contribution in [0.4, 0.5) is 0 Å². The lowest BCUT2D eigenvalue weighted by atomic mass is 9.84. The van der Waals surface area contributed by atoms with E-state index in [-0.39, 0.29) is 30.2 Å². The number of aliphatic carboxylic acids is 1. The van der Waals surface area contributed by atoms with Crippen molar-refractivity contribution in [1.82, 2.24) is 14.7 Å². The first kappa shape index (κ1) is 19.7. The quantitative estimate of drug-likeness (QED) is 0.769. The molecule has 7 heteroatoms. The van der Waals surface area contributed by atoms with Gasteiger partial charge in [0.05, 0.1) is 5.92 Å². The molecule has 5 unspecified atom stereocenters. The van der Waals surface area contributed by atoms with Gasteiger partial charge in [0.2, 0.25) is 11.8 Å². The van der Waals surface area contributed by atoms with Crippen LogP contribution in [0.25, 0.3) is 0 Å². The summed E-state index contributed by atoms with van der Waals surface area (Å²) < 4.78 is 0. The number of likely N-dealkylation sites (N-methyl/N-ethyl adjacent to an activating group) is 1. The Labute approximate surface area is 167 Å². The van der Waals surface area contributed by atoms with Gasteiger partial charge in [-0.3, -0.25) is 14.5 Å². The first-order valence-electron chi connectivity index (χ1n) is 11.1. The predicted octanol–water partition coefficient (Wildman–Crippen LogP) is 1.56. The van der Waals surface area contributed by atoms with Gasteiger partial charge in [-0.25, -0.2) is 4.79 Å². The average Bonchev–Trinajstić information content (AvgIpc) is 3.38. The summed E-state index contributed by atoms with van der Waals surface area (Å²) in [6, 6.07) is -0.267. The third-order valence-electron chi connectivity index (χ3n) is 7.53. The van der Waals surface area contributed by atoms with E-state index in [0.29, 0.717) is 31.5 Å². The van der Waals surface area contributed by atoms with Crippen LogP contribution in [0.5, 0.6) is 0 Å². The summed E-state index contributed by atoms with van der Waals surface area (Å²) in [5.74, 6) is -1.02. The normalized spacial score (nSPS) is 36.2. The van der Waals surface area contributed by atoms with Crippen LogP contribution in [0.1, 0.15) is 58.3 Å². The van der Waals surface area contributed by atoms with E-state index < -0.39 is 12.0 Å². The highest BCUT2D eigenvalue weighted by molar-refractivity contribution is 5.92. The Bertz CT molecular complexity index is 639. The van der Waals surface area contributed by atoms with Crippen LogP contribution in [0, 0.1) is 11.8 Å². The van der Waals surface area contributed by atoms with Crippen LogP contribution >= 0.6 is 0 Å². The zero-order valence-electron chi connectivity index (χ0n) is 16.9. The van der Waals surface area contributed by atoms with E-state index in [4.69, 9.17) is 0 Å². The largest absolute Gasteiger partial charge is 0.480 e. The van der Waals surface area contributed by atoms with E-state index >= 15 is 0 Å². The Balaban J connectivity index is 1.44. The Morgan fingerprint density at radius 2 is 1.93 bits per heavy atom. The molecule has 2 amide bonds. The van der Waals surface area contributed by atoms with Crippen molar-refractivity contribution in [3.8, 4) is 0 Å². The molecule has 0 aromatic rings. The first-order valence-corrected chi connectivity index (χ1v) is 11.1. The number of carboxylic acids is 1. The van der Waals surface area contributed by atoms with Crippen molar-refractivity contribution >= 4 is 17.8 Å². The minimum absolute atomic E-state index is 0.0487. The number of fused-ring (bicyclic) bond motifs is 1. The molecule has 1 aliphatic carbocycles. The molecule has 3 saturated heterocycles. The molecule has 0 bridgehead atoms. The molecule has 0 aromatic heterocycles. The fourth-order valence-electron chi connectivity index (χ4n) is 6.09. The maximum atomic E-state index is 13.3. The first-order chi connectivity index (χ1) is 13.5. The molecule has 0 aromatic carbocycles. The monoisotopic (exact) mass is 391 g/mol. The third kappa shape index (κ3) is 3.53. The molecule has 3 heterocycles. The van der Waals surface area contributed by atoms with Gasteiger partial charge >= 0.3 is 5.97 Å². The number of carboxylic acid groups (broad SMARTS) is 1. The molecule has 4 aliphatic rings. The van der Waals surface area contributed by atoms with Gasteiger partial charge in [-0.1, -0.05) is 19.8 Å². The molecule has 28 heavy (non-hydrogen) atoms. The Morgan fingerprint density at radius 1 is 1.14 bits per heavy atom. The van der Waals surface area contributed by atoms with Crippen molar-refractivity contribution in [3.63, 3.8) is 0 Å². The van der Waals surface area contributed by atoms with E-state index in [1.54, 1.807) is 4.90 Å². The zero-order valence-corrected chi connectivity index (χ0v) is 16.9. The number of amides is 2. The molecular formula is C21H33N3O4. The summed E-state index contributed by atoms with van der Waals surface area (Å²) in [6.45, 7) is 5.38. The van der Waals surface area contributed by atoms with Crippen LogP contribution in [0.15, 0.2) is 0 Å². The number of hydrogen-bond acceptors (Lipinski definition) is 4. The lowest BCUT2D eigenvalue weighted by Gasteiger charge is -2.34. The van der Waals surface area contributed by atoms with Crippen molar-refractivity contribution in [3.05, 3.63) is 0 Å². The molecule has 4 rings (SSSR count). The fraction of sp³-hybridized carbons (Fsp3) is 0.857. The Kier molecular flexibility index (Phi) is 5.63. The fourth-order valence-corrected chi connectivity index (χ4v) is 6.09. The number of hydrogen-bond donors (Lipinski definition) is 1. The van der Waals surface area contributed by atoms with Crippen molar-refractivity contribution in [1.29, 1.82) is 0 Å². The molecule has 7 nitrogen and oxygen atoms in total. The summed E-state index contributed by atoms with van der Waals surface area (Å²) >= 11 is 0. The van der Waals surface area contributed by atoms with E-state index in [1.165, 1.54) is 6.42 Å². The number of likely N-dealkylation sites (tertiary alicyclic amines) is 3. The average molecular weight is 392 g/mol. The SMILES string of the molecule is CCN1CCCC1CN1CC(C(=O)N2C(C(=O)O)CC3CCCCC32)CC1=O. The molecule has 0 radical (unpaired) electrons. The second-order valence-electron chi connectivity index (χ2n) is 9.07. The van der Waals surface area contributed by atoms with E-state index in [0.717, 1.165) is 45.2 Å². The third-order valence-corrected chi connectivity index (χ3v) is 7.53. The minimum atomic E-state index is -0.895. The van der Waals surface area contributed by atoms with Crippen LogP contribution < -0.4 is 0 Å². The van der Waals surface area contributed by atoms with Crippen LogP contribution in [0.3, 0.4) is 0 Å². The molecule has 1 N–H and O–H groups in total. The number of rotatable bonds is 5. The van der Waals surface area contributed by atoms with E-state index in [9.17, 15) is 19.5 Å². The summed E-state index contributed by atoms with van der Waals surface area (Å²) in [5.41, 5.74) is 0. The molecule has 5 atom stereocenters. The molecule has 1 saturated carbocycles. The molecular weight excluding hydrogens is 358 g/mol. The van der Waals surface area contributed by atoms with Crippen molar-refractivity contribution in [2.24, 2.45) is 11.8 Å². The number of carbonyl (C=O) groups excluding carboxylic acids is 2. The standard InChI is InChI=1S/C21H33N3O4/c1-2-22-9-5-7-16(22)13-23-12-15(11-19(23)25)20(26)24-17-8-4-3-6-14(17)10-18(24)21(27)28/h14-18H,2-13H2,1H3,(H,27,28). The van der Waals surface area contributed by atoms with Crippen LogP contribution in [0.2, 0.25) is 0 Å². The predicted molar refractivity (Wildman–Crippen MR) is 104 cm³/mol. The van der Waals surface area contributed by atoms with Gasteiger partial charge in [0.1, 0.15) is 6.04 Å². The van der Waals surface area contributed by atoms with Gasteiger partial charge in [-0.2, -0.15) is 0 Å². The Morgan fingerprint density at radius 3 is 2.68 bits per heavy atom. The van der Waals surface area contributed by atoms with Gasteiger partial charge in [0, 0.05) is 31.6 Å². The van der Waals surface area contributed by atoms with Crippen molar-refractivity contribution in [2.45, 2.75) is 76.4 Å². The second-order valence-corrected chi connectivity index (χ2v) is 9.07. The molecule has 0 spiro atoms. The van der Waals surface area contributed by atoms with Crippen LogP contribution in [-0.4, -0.2) is 81.9 Å². The lowest BCUT2D eigenvalue weighted by Crippen LogP contribution is -2.49. The van der Waals surface area contributed by atoms with E-state index in [1.807, 2.05) is 4.90 Å². The zero-order chi connectivity index (χ0) is 19.8. The maximum absolute atomic E-state index is 13.3.